The number of hydrogen-bond acceptors (Lipinski definition) is 4. The molecule has 0 aliphatic heterocycles. The van der Waals surface area contributed by atoms with Crippen LogP contribution in [-0.4, -0.2) is 21.6 Å². The number of imidazole rings is 1. The molecule has 2 heterocycles. The number of hydrogen-bond donors (Lipinski definition) is 1. The van der Waals surface area contributed by atoms with Gasteiger partial charge < -0.3 is 15.0 Å². The number of aromatic nitrogens is 3. The van der Waals surface area contributed by atoms with Crippen LogP contribution in [0.25, 0.3) is 11.3 Å². The maximum atomic E-state index is 6.36. The minimum Gasteiger partial charge on any atom is -0.481 e. The molecule has 21 heavy (non-hydrogen) atoms. The number of ether oxygens (including phenoxy) is 1. The zero-order valence-electron chi connectivity index (χ0n) is 13.5. The lowest BCUT2D eigenvalue weighted by Gasteiger charge is -2.25. The van der Waals surface area contributed by atoms with E-state index in [9.17, 15) is 0 Å². The van der Waals surface area contributed by atoms with Gasteiger partial charge in [0.2, 0.25) is 5.88 Å². The number of anilines is 1. The van der Waals surface area contributed by atoms with Gasteiger partial charge in [0.05, 0.1) is 7.11 Å². The predicted molar refractivity (Wildman–Crippen MR) is 85.4 cm³/mol. The first-order valence-corrected chi connectivity index (χ1v) is 7.26. The summed E-state index contributed by atoms with van der Waals surface area (Å²) in [6.07, 6.45) is 3.69. The Hall–Kier alpha value is -2.04. The number of nitrogen functional groups attached to an aromatic ring is 1. The monoisotopic (exact) mass is 288 g/mol. The maximum absolute atomic E-state index is 6.36. The lowest BCUT2D eigenvalue weighted by Crippen LogP contribution is -2.25. The van der Waals surface area contributed by atoms with Gasteiger partial charge in [-0.05, 0) is 33.3 Å². The fourth-order valence-electron chi connectivity index (χ4n) is 2.47. The van der Waals surface area contributed by atoms with Crippen molar-refractivity contribution in [3.8, 4) is 17.1 Å². The SMILES string of the molecule is CCCc1nc(-c2ccc(OC)nc2)c(N)n1C(C)(C)C. The summed E-state index contributed by atoms with van der Waals surface area (Å²) < 4.78 is 7.21. The van der Waals surface area contributed by atoms with Crippen LogP contribution in [0.2, 0.25) is 0 Å². The highest BCUT2D eigenvalue weighted by molar-refractivity contribution is 5.70. The molecular weight excluding hydrogens is 264 g/mol. The molecule has 0 aromatic carbocycles. The second-order valence-corrected chi connectivity index (χ2v) is 6.11. The number of pyridine rings is 1. The molecule has 0 atom stereocenters. The van der Waals surface area contributed by atoms with Crippen molar-refractivity contribution in [2.75, 3.05) is 12.8 Å². The normalized spacial score (nSPS) is 11.7. The van der Waals surface area contributed by atoms with Gasteiger partial charge in [-0.25, -0.2) is 9.97 Å². The van der Waals surface area contributed by atoms with E-state index >= 15 is 0 Å². The molecule has 2 rings (SSSR count). The van der Waals surface area contributed by atoms with Crippen LogP contribution < -0.4 is 10.5 Å². The highest BCUT2D eigenvalue weighted by Crippen LogP contribution is 2.32. The Kier molecular flexibility index (Phi) is 4.21. The van der Waals surface area contributed by atoms with E-state index in [0.29, 0.717) is 11.7 Å². The van der Waals surface area contributed by atoms with Gasteiger partial charge in [0.15, 0.2) is 0 Å². The van der Waals surface area contributed by atoms with Crippen LogP contribution >= 0.6 is 0 Å². The Morgan fingerprint density at radius 1 is 1.29 bits per heavy atom. The van der Waals surface area contributed by atoms with Crippen molar-refractivity contribution in [3.63, 3.8) is 0 Å². The van der Waals surface area contributed by atoms with E-state index in [1.165, 1.54) is 0 Å². The van der Waals surface area contributed by atoms with Crippen molar-refractivity contribution >= 4 is 5.82 Å². The number of rotatable bonds is 4. The lowest BCUT2D eigenvalue weighted by molar-refractivity contribution is 0.387. The molecule has 0 amide bonds. The molecule has 0 unspecified atom stereocenters. The smallest absolute Gasteiger partial charge is 0.212 e. The van der Waals surface area contributed by atoms with E-state index in [1.807, 2.05) is 12.1 Å². The second-order valence-electron chi connectivity index (χ2n) is 6.11. The maximum Gasteiger partial charge on any atom is 0.212 e. The van der Waals surface area contributed by atoms with Crippen molar-refractivity contribution < 1.29 is 4.74 Å². The third-order valence-electron chi connectivity index (χ3n) is 3.35. The summed E-state index contributed by atoms with van der Waals surface area (Å²) in [6.45, 7) is 8.56. The first-order valence-electron chi connectivity index (χ1n) is 7.26. The minimum atomic E-state index is -0.0975. The zero-order chi connectivity index (χ0) is 15.6. The van der Waals surface area contributed by atoms with E-state index in [0.717, 1.165) is 29.9 Å². The Morgan fingerprint density at radius 2 is 2.00 bits per heavy atom. The Labute approximate surface area is 126 Å². The Balaban J connectivity index is 2.53. The van der Waals surface area contributed by atoms with Crippen molar-refractivity contribution in [3.05, 3.63) is 24.2 Å². The van der Waals surface area contributed by atoms with E-state index < -0.39 is 0 Å². The van der Waals surface area contributed by atoms with Crippen molar-refractivity contribution in [2.24, 2.45) is 0 Å². The molecular formula is C16H24N4O. The van der Waals surface area contributed by atoms with Crippen molar-refractivity contribution in [1.82, 2.24) is 14.5 Å². The molecule has 0 bridgehead atoms. The first kappa shape index (κ1) is 15.4. The molecule has 5 heteroatoms. The quantitative estimate of drug-likeness (QED) is 0.938. The number of aryl methyl sites for hydroxylation is 1. The predicted octanol–water partition coefficient (Wildman–Crippen LogP) is 3.24. The molecule has 0 saturated carbocycles. The largest absolute Gasteiger partial charge is 0.481 e. The molecule has 0 spiro atoms. The van der Waals surface area contributed by atoms with Gasteiger partial charge in [-0.15, -0.1) is 0 Å². The molecule has 0 radical (unpaired) electrons. The number of nitrogens with zero attached hydrogens (tertiary/aromatic N) is 3. The van der Waals surface area contributed by atoms with E-state index in [1.54, 1.807) is 13.3 Å². The summed E-state index contributed by atoms with van der Waals surface area (Å²) in [5.74, 6) is 2.30. The summed E-state index contributed by atoms with van der Waals surface area (Å²) in [6, 6.07) is 3.76. The molecule has 5 nitrogen and oxygen atoms in total. The molecule has 2 aromatic heterocycles. The Morgan fingerprint density at radius 3 is 2.48 bits per heavy atom. The number of methoxy groups -OCH3 is 1. The summed E-state index contributed by atoms with van der Waals surface area (Å²) in [4.78, 5) is 8.98. The van der Waals surface area contributed by atoms with Crippen LogP contribution in [0, 0.1) is 0 Å². The fraction of sp³-hybridized carbons (Fsp3) is 0.500. The molecule has 0 aliphatic rings. The molecule has 0 aliphatic carbocycles. The highest BCUT2D eigenvalue weighted by Gasteiger charge is 2.24. The van der Waals surface area contributed by atoms with Crippen LogP contribution in [0.1, 0.15) is 39.9 Å². The fourth-order valence-corrected chi connectivity index (χ4v) is 2.47. The van der Waals surface area contributed by atoms with E-state index in [-0.39, 0.29) is 5.54 Å². The van der Waals surface area contributed by atoms with Crippen LogP contribution in [0.15, 0.2) is 18.3 Å². The highest BCUT2D eigenvalue weighted by atomic mass is 16.5. The van der Waals surface area contributed by atoms with Crippen molar-refractivity contribution in [1.29, 1.82) is 0 Å². The molecule has 0 fully saturated rings. The van der Waals surface area contributed by atoms with Crippen LogP contribution in [0.4, 0.5) is 5.82 Å². The Bertz CT molecular complexity index is 608. The van der Waals surface area contributed by atoms with Gasteiger partial charge in [0, 0.05) is 29.8 Å². The standard InChI is InChI=1S/C16H24N4O/c1-6-7-12-19-14(15(17)20(12)16(2,3)4)11-8-9-13(21-5)18-10-11/h8-10H,6-7,17H2,1-5H3. The summed E-state index contributed by atoms with van der Waals surface area (Å²) >= 11 is 0. The third-order valence-corrected chi connectivity index (χ3v) is 3.35. The average molecular weight is 288 g/mol. The first-order chi connectivity index (χ1) is 9.88. The average Bonchev–Trinajstić information content (AvgIpc) is 2.76. The summed E-state index contributed by atoms with van der Waals surface area (Å²) in [5, 5.41) is 0. The third kappa shape index (κ3) is 3.01. The molecule has 2 aromatic rings. The van der Waals surface area contributed by atoms with Gasteiger partial charge in [-0.2, -0.15) is 0 Å². The molecule has 114 valence electrons. The van der Waals surface area contributed by atoms with Crippen LogP contribution in [-0.2, 0) is 12.0 Å². The van der Waals surface area contributed by atoms with Crippen LogP contribution in [0.3, 0.4) is 0 Å². The molecule has 0 saturated heterocycles. The number of nitrogens with two attached hydrogens (primary N) is 1. The van der Waals surface area contributed by atoms with Gasteiger partial charge in [-0.3, -0.25) is 0 Å². The lowest BCUT2D eigenvalue weighted by atomic mass is 10.1. The molecule has 2 N–H and O–H groups in total. The second kappa shape index (κ2) is 5.76. The van der Waals surface area contributed by atoms with Gasteiger partial charge in [0.1, 0.15) is 17.3 Å². The topological polar surface area (TPSA) is 66.0 Å². The minimum absolute atomic E-state index is 0.0975. The summed E-state index contributed by atoms with van der Waals surface area (Å²) in [5.41, 5.74) is 7.97. The van der Waals surface area contributed by atoms with Crippen LogP contribution in [0.5, 0.6) is 5.88 Å². The van der Waals surface area contributed by atoms with Gasteiger partial charge in [-0.1, -0.05) is 6.92 Å². The van der Waals surface area contributed by atoms with E-state index in [2.05, 4.69) is 37.2 Å². The van der Waals surface area contributed by atoms with Crippen molar-refractivity contribution in [2.45, 2.75) is 46.1 Å². The van der Waals surface area contributed by atoms with Gasteiger partial charge >= 0.3 is 0 Å². The van der Waals surface area contributed by atoms with Gasteiger partial charge in [0.25, 0.3) is 0 Å². The van der Waals surface area contributed by atoms with E-state index in [4.69, 9.17) is 15.5 Å². The summed E-state index contributed by atoms with van der Waals surface area (Å²) in [7, 11) is 1.60. The zero-order valence-corrected chi connectivity index (χ0v) is 13.5.